The van der Waals surface area contributed by atoms with Crippen LogP contribution in [0, 0.1) is 11.8 Å². The maximum absolute atomic E-state index is 6.21. The molecule has 1 N–H and O–H groups in total. The van der Waals surface area contributed by atoms with Crippen molar-refractivity contribution in [3.05, 3.63) is 54.1 Å². The maximum Gasteiger partial charge on any atom is 0.127 e. The molecule has 26 heavy (non-hydrogen) atoms. The summed E-state index contributed by atoms with van der Waals surface area (Å²) in [6, 6.07) is 17.0. The third-order valence-corrected chi connectivity index (χ3v) is 6.39. The van der Waals surface area contributed by atoms with E-state index in [4.69, 9.17) is 9.47 Å². The maximum atomic E-state index is 6.21. The summed E-state index contributed by atoms with van der Waals surface area (Å²) >= 11 is 0. The van der Waals surface area contributed by atoms with Gasteiger partial charge in [-0.2, -0.15) is 0 Å². The van der Waals surface area contributed by atoms with E-state index in [-0.39, 0.29) is 6.10 Å². The first-order valence-electron chi connectivity index (χ1n) is 10.1. The molecule has 2 aromatic rings. The fourth-order valence-electron chi connectivity index (χ4n) is 5.14. The monoisotopic (exact) mass is 349 g/mol. The molecule has 2 heterocycles. The summed E-state index contributed by atoms with van der Waals surface area (Å²) in [5.41, 5.74) is 2.51. The smallest absolute Gasteiger partial charge is 0.127 e. The van der Waals surface area contributed by atoms with Gasteiger partial charge in [-0.15, -0.1) is 0 Å². The molecule has 3 heteroatoms. The minimum absolute atomic E-state index is 0.220. The summed E-state index contributed by atoms with van der Waals surface area (Å²) in [6.45, 7) is 0.878. The van der Waals surface area contributed by atoms with E-state index in [0.717, 1.165) is 24.0 Å². The van der Waals surface area contributed by atoms with Crippen molar-refractivity contribution in [2.45, 2.75) is 50.7 Å². The molecule has 2 aliphatic heterocycles. The Kier molecular flexibility index (Phi) is 4.33. The zero-order valence-corrected chi connectivity index (χ0v) is 15.2. The Morgan fingerprint density at radius 1 is 0.885 bits per heavy atom. The Labute approximate surface area is 155 Å². The Bertz CT molecular complexity index is 754. The van der Waals surface area contributed by atoms with Crippen LogP contribution in [0.3, 0.4) is 0 Å². The molecule has 3 nitrogen and oxygen atoms in total. The second kappa shape index (κ2) is 6.96. The summed E-state index contributed by atoms with van der Waals surface area (Å²) < 4.78 is 12.3. The fourth-order valence-corrected chi connectivity index (χ4v) is 5.14. The van der Waals surface area contributed by atoms with Gasteiger partial charge in [0.25, 0.3) is 0 Å². The lowest BCUT2D eigenvalue weighted by Gasteiger charge is -2.42. The zero-order chi connectivity index (χ0) is 17.3. The minimum Gasteiger partial charge on any atom is -0.457 e. The lowest BCUT2D eigenvalue weighted by molar-refractivity contribution is 0.0730. The quantitative estimate of drug-likeness (QED) is 0.745. The van der Waals surface area contributed by atoms with E-state index in [2.05, 4.69) is 23.5 Å². The molecule has 0 aromatic heterocycles. The van der Waals surface area contributed by atoms with Crippen LogP contribution in [0.5, 0.6) is 11.5 Å². The highest BCUT2D eigenvalue weighted by atomic mass is 16.5. The first kappa shape index (κ1) is 16.2. The van der Waals surface area contributed by atoms with E-state index in [0.29, 0.717) is 12.0 Å². The van der Waals surface area contributed by atoms with Gasteiger partial charge in [0, 0.05) is 29.8 Å². The van der Waals surface area contributed by atoms with E-state index in [1.165, 1.54) is 49.8 Å². The number of anilines is 1. The standard InChI is InChI=1S/C23H27NO2/c1-3-7-16(8-4-1)22-19-13-14-25-23(19)20-15-18(11-12-21(20)24-22)26-17-9-5-2-6-10-17/h2,5-6,9-12,15-16,19,22-24H,1,3-4,7-8,13-14H2/t19-,22?,23-/m0/s1. The Morgan fingerprint density at radius 2 is 1.73 bits per heavy atom. The summed E-state index contributed by atoms with van der Waals surface area (Å²) in [7, 11) is 0. The third kappa shape index (κ3) is 2.99. The van der Waals surface area contributed by atoms with Crippen molar-refractivity contribution in [3.8, 4) is 11.5 Å². The number of ether oxygens (including phenoxy) is 2. The van der Waals surface area contributed by atoms with Crippen LogP contribution in [0.15, 0.2) is 48.5 Å². The SMILES string of the molecule is c1ccc(Oc2ccc3c(c2)[C@H]2OCC[C@H]2C(C2CCCCC2)N3)cc1. The number of rotatable bonds is 3. The minimum atomic E-state index is 0.220. The van der Waals surface area contributed by atoms with Crippen LogP contribution < -0.4 is 10.1 Å². The van der Waals surface area contributed by atoms with Crippen LogP contribution in [-0.4, -0.2) is 12.6 Å². The van der Waals surface area contributed by atoms with Crippen LogP contribution in [-0.2, 0) is 4.74 Å². The highest BCUT2D eigenvalue weighted by Gasteiger charge is 2.43. The van der Waals surface area contributed by atoms with E-state index >= 15 is 0 Å². The molecule has 136 valence electrons. The summed E-state index contributed by atoms with van der Waals surface area (Å²) in [5.74, 6) is 3.16. The molecule has 3 aliphatic rings. The van der Waals surface area contributed by atoms with Gasteiger partial charge in [-0.05, 0) is 55.5 Å². The molecule has 0 amide bonds. The number of benzene rings is 2. The van der Waals surface area contributed by atoms with E-state index < -0.39 is 0 Å². The molecule has 1 saturated carbocycles. The largest absolute Gasteiger partial charge is 0.457 e. The number of nitrogens with one attached hydrogen (secondary N) is 1. The van der Waals surface area contributed by atoms with Gasteiger partial charge in [0.05, 0.1) is 6.10 Å². The topological polar surface area (TPSA) is 30.5 Å². The molecule has 3 atom stereocenters. The number of fused-ring (bicyclic) bond motifs is 3. The number of para-hydroxylation sites is 1. The van der Waals surface area contributed by atoms with Crippen molar-refractivity contribution in [2.75, 3.05) is 11.9 Å². The fraction of sp³-hybridized carbons (Fsp3) is 0.478. The second-order valence-corrected chi connectivity index (χ2v) is 7.98. The summed E-state index contributed by atoms with van der Waals surface area (Å²) in [5, 5.41) is 3.89. The van der Waals surface area contributed by atoms with Crippen LogP contribution in [0.4, 0.5) is 5.69 Å². The first-order chi connectivity index (χ1) is 12.9. The Morgan fingerprint density at radius 3 is 2.58 bits per heavy atom. The van der Waals surface area contributed by atoms with Gasteiger partial charge < -0.3 is 14.8 Å². The van der Waals surface area contributed by atoms with Gasteiger partial charge in [-0.3, -0.25) is 0 Å². The zero-order valence-electron chi connectivity index (χ0n) is 15.2. The third-order valence-electron chi connectivity index (χ3n) is 6.39. The molecule has 2 fully saturated rings. The average molecular weight is 349 g/mol. The second-order valence-electron chi connectivity index (χ2n) is 7.98. The predicted octanol–water partition coefficient (Wildman–Crippen LogP) is 5.93. The van der Waals surface area contributed by atoms with E-state index in [9.17, 15) is 0 Å². The van der Waals surface area contributed by atoms with Crippen LogP contribution in [0.25, 0.3) is 0 Å². The molecule has 0 bridgehead atoms. The summed E-state index contributed by atoms with van der Waals surface area (Å²) in [6.07, 6.45) is 8.30. The molecule has 0 spiro atoms. The van der Waals surface area contributed by atoms with Crippen LogP contribution in [0.2, 0.25) is 0 Å². The molecule has 1 unspecified atom stereocenters. The highest BCUT2D eigenvalue weighted by molar-refractivity contribution is 5.59. The van der Waals surface area contributed by atoms with Crippen molar-refractivity contribution in [2.24, 2.45) is 11.8 Å². The van der Waals surface area contributed by atoms with Gasteiger partial charge >= 0.3 is 0 Å². The normalized spacial score (nSPS) is 28.1. The lowest BCUT2D eigenvalue weighted by Crippen LogP contribution is -2.42. The number of hydrogen-bond donors (Lipinski definition) is 1. The van der Waals surface area contributed by atoms with Gasteiger partial charge in [0.2, 0.25) is 0 Å². The molecular weight excluding hydrogens is 322 g/mol. The Balaban J connectivity index is 1.42. The summed E-state index contributed by atoms with van der Waals surface area (Å²) in [4.78, 5) is 0. The Hall–Kier alpha value is -2.00. The highest BCUT2D eigenvalue weighted by Crippen LogP contribution is 2.49. The van der Waals surface area contributed by atoms with E-state index in [1.807, 2.05) is 30.3 Å². The van der Waals surface area contributed by atoms with Crippen molar-refractivity contribution in [1.29, 1.82) is 0 Å². The van der Waals surface area contributed by atoms with Crippen LogP contribution >= 0.6 is 0 Å². The average Bonchev–Trinajstić information content (AvgIpc) is 3.19. The van der Waals surface area contributed by atoms with Gasteiger partial charge in [-0.25, -0.2) is 0 Å². The van der Waals surface area contributed by atoms with Crippen molar-refractivity contribution in [3.63, 3.8) is 0 Å². The first-order valence-corrected chi connectivity index (χ1v) is 10.1. The van der Waals surface area contributed by atoms with Crippen molar-refractivity contribution >= 4 is 5.69 Å². The van der Waals surface area contributed by atoms with Crippen molar-refractivity contribution in [1.82, 2.24) is 0 Å². The van der Waals surface area contributed by atoms with Crippen LogP contribution in [0.1, 0.15) is 50.2 Å². The molecular formula is C23H27NO2. The predicted molar refractivity (Wildman–Crippen MR) is 104 cm³/mol. The molecule has 1 aliphatic carbocycles. The van der Waals surface area contributed by atoms with Crippen molar-refractivity contribution < 1.29 is 9.47 Å². The van der Waals surface area contributed by atoms with Gasteiger partial charge in [0.1, 0.15) is 11.5 Å². The number of hydrogen-bond acceptors (Lipinski definition) is 3. The molecule has 5 rings (SSSR count). The molecule has 1 saturated heterocycles. The van der Waals surface area contributed by atoms with Gasteiger partial charge in [-0.1, -0.05) is 37.5 Å². The van der Waals surface area contributed by atoms with E-state index in [1.54, 1.807) is 0 Å². The van der Waals surface area contributed by atoms with Gasteiger partial charge in [0.15, 0.2) is 0 Å². The molecule has 2 aromatic carbocycles. The lowest BCUT2D eigenvalue weighted by atomic mass is 9.73. The molecule has 0 radical (unpaired) electrons.